The maximum Gasteiger partial charge on any atom is 0.124 e. The van der Waals surface area contributed by atoms with Crippen molar-refractivity contribution in [3.63, 3.8) is 0 Å². The number of benzene rings is 1. The highest BCUT2D eigenvalue weighted by atomic mass is 35.5. The lowest BCUT2D eigenvalue weighted by atomic mass is 10.3. The summed E-state index contributed by atoms with van der Waals surface area (Å²) < 4.78 is 12.3. The molecule has 1 rings (SSSR count). The fraction of sp³-hybridized carbons (Fsp3) is 0. The second kappa shape index (κ2) is 2.88. The molecule has 0 bridgehead atoms. The smallest absolute Gasteiger partial charge is 0.124 e. The van der Waals surface area contributed by atoms with E-state index in [4.69, 9.17) is 18.6 Å². The van der Waals surface area contributed by atoms with Crippen LogP contribution in [-0.2, 0) is 0 Å². The zero-order valence-corrected chi connectivity index (χ0v) is 5.82. The average molecular weight is 158 g/mol. The SMILES string of the molecule is [CH]Nc1ccc(F)cc1Cl. The molecular formula is C7H5ClFN. The molecule has 0 aliphatic carbocycles. The monoisotopic (exact) mass is 157 g/mol. The molecule has 0 aliphatic rings. The lowest BCUT2D eigenvalue weighted by molar-refractivity contribution is 0.628. The lowest BCUT2D eigenvalue weighted by Gasteiger charge is -2.00. The van der Waals surface area contributed by atoms with Crippen LogP contribution < -0.4 is 5.32 Å². The Labute approximate surface area is 63.8 Å². The minimum absolute atomic E-state index is 0.280. The van der Waals surface area contributed by atoms with Gasteiger partial charge in [-0.3, -0.25) is 0 Å². The Balaban J connectivity index is 3.07. The number of anilines is 1. The molecule has 52 valence electrons. The summed E-state index contributed by atoms with van der Waals surface area (Å²) in [5.74, 6) is -0.371. The molecule has 0 unspecified atom stereocenters. The van der Waals surface area contributed by atoms with Crippen LogP contribution in [0.3, 0.4) is 0 Å². The van der Waals surface area contributed by atoms with E-state index < -0.39 is 0 Å². The third kappa shape index (κ3) is 1.39. The summed E-state index contributed by atoms with van der Waals surface area (Å²) in [7, 11) is 5.04. The Kier molecular flexibility index (Phi) is 2.12. The maximum atomic E-state index is 12.3. The summed E-state index contributed by atoms with van der Waals surface area (Å²) in [6.45, 7) is 0. The van der Waals surface area contributed by atoms with Crippen LogP contribution in [-0.4, -0.2) is 0 Å². The van der Waals surface area contributed by atoms with Gasteiger partial charge in [0.1, 0.15) is 5.82 Å². The molecule has 1 nitrogen and oxygen atoms in total. The van der Waals surface area contributed by atoms with Gasteiger partial charge in [0.05, 0.1) is 17.8 Å². The van der Waals surface area contributed by atoms with E-state index in [1.54, 1.807) is 0 Å². The first-order valence-electron chi connectivity index (χ1n) is 2.65. The molecular weight excluding hydrogens is 153 g/mol. The van der Waals surface area contributed by atoms with Crippen molar-refractivity contribution < 1.29 is 4.39 Å². The van der Waals surface area contributed by atoms with Crippen molar-refractivity contribution in [2.24, 2.45) is 0 Å². The van der Waals surface area contributed by atoms with Gasteiger partial charge in [-0.05, 0) is 18.2 Å². The second-order valence-corrected chi connectivity index (χ2v) is 2.18. The quantitative estimate of drug-likeness (QED) is 0.618. The summed E-state index contributed by atoms with van der Waals surface area (Å²) in [4.78, 5) is 0. The minimum atomic E-state index is -0.371. The summed E-state index contributed by atoms with van der Waals surface area (Å²) in [5, 5.41) is 2.60. The van der Waals surface area contributed by atoms with Gasteiger partial charge < -0.3 is 5.32 Å². The standard InChI is InChI=1S/C7H5ClFN/c1-10-7-3-2-5(9)4-6(7)8/h1-4,10H. The summed E-state index contributed by atoms with van der Waals surface area (Å²) >= 11 is 5.55. The number of halogens is 2. The molecule has 0 aliphatic heterocycles. The molecule has 0 heterocycles. The van der Waals surface area contributed by atoms with E-state index in [2.05, 4.69) is 5.32 Å². The summed E-state index contributed by atoms with van der Waals surface area (Å²) in [6.07, 6.45) is 0. The molecule has 1 aromatic rings. The van der Waals surface area contributed by atoms with Gasteiger partial charge in [-0.25, -0.2) is 4.39 Å². The van der Waals surface area contributed by atoms with E-state index in [1.165, 1.54) is 18.2 Å². The first kappa shape index (κ1) is 7.35. The Morgan fingerprint density at radius 3 is 2.70 bits per heavy atom. The minimum Gasteiger partial charge on any atom is -0.377 e. The van der Waals surface area contributed by atoms with Crippen molar-refractivity contribution in [3.8, 4) is 0 Å². The molecule has 0 fully saturated rings. The van der Waals surface area contributed by atoms with Crippen molar-refractivity contribution in [2.75, 3.05) is 5.32 Å². The van der Waals surface area contributed by atoms with Crippen LogP contribution in [0.1, 0.15) is 0 Å². The Bertz CT molecular complexity index is 237. The Morgan fingerprint density at radius 2 is 2.20 bits per heavy atom. The van der Waals surface area contributed by atoms with Crippen molar-refractivity contribution in [1.29, 1.82) is 0 Å². The molecule has 0 atom stereocenters. The highest BCUT2D eigenvalue weighted by Gasteiger charge is 1.97. The van der Waals surface area contributed by atoms with Crippen LogP contribution in [0, 0.1) is 12.9 Å². The molecule has 1 aromatic carbocycles. The molecule has 0 amide bonds. The third-order valence-corrected chi connectivity index (χ3v) is 1.40. The van der Waals surface area contributed by atoms with Gasteiger partial charge in [0.2, 0.25) is 0 Å². The first-order chi connectivity index (χ1) is 4.74. The summed E-state index contributed by atoms with van der Waals surface area (Å²) in [5.41, 5.74) is 0.517. The highest BCUT2D eigenvalue weighted by Crippen LogP contribution is 2.21. The lowest BCUT2D eigenvalue weighted by Crippen LogP contribution is -1.85. The predicted molar refractivity (Wildman–Crippen MR) is 39.3 cm³/mol. The van der Waals surface area contributed by atoms with Crippen molar-refractivity contribution >= 4 is 17.3 Å². The first-order valence-corrected chi connectivity index (χ1v) is 3.03. The van der Waals surface area contributed by atoms with Crippen LogP contribution in [0.25, 0.3) is 0 Å². The molecule has 10 heavy (non-hydrogen) atoms. The van der Waals surface area contributed by atoms with Gasteiger partial charge in [-0.2, -0.15) is 0 Å². The zero-order valence-electron chi connectivity index (χ0n) is 5.07. The van der Waals surface area contributed by atoms with Gasteiger partial charge in [-0.1, -0.05) is 11.6 Å². The third-order valence-electron chi connectivity index (χ3n) is 1.09. The fourth-order valence-corrected chi connectivity index (χ4v) is 0.828. The molecule has 1 N–H and O–H groups in total. The van der Waals surface area contributed by atoms with Crippen LogP contribution in [0.15, 0.2) is 18.2 Å². The summed E-state index contributed by atoms with van der Waals surface area (Å²) in [6, 6.07) is 3.94. The zero-order chi connectivity index (χ0) is 7.56. The second-order valence-electron chi connectivity index (χ2n) is 1.77. The van der Waals surface area contributed by atoms with E-state index >= 15 is 0 Å². The number of hydrogen-bond donors (Lipinski definition) is 1. The van der Waals surface area contributed by atoms with Crippen LogP contribution in [0.2, 0.25) is 5.02 Å². The van der Waals surface area contributed by atoms with E-state index in [0.29, 0.717) is 5.69 Å². The number of nitrogens with one attached hydrogen (secondary N) is 1. The van der Waals surface area contributed by atoms with Crippen LogP contribution in [0.5, 0.6) is 0 Å². The average Bonchev–Trinajstić information content (AvgIpc) is 1.88. The molecule has 3 heteroatoms. The van der Waals surface area contributed by atoms with E-state index in [1.807, 2.05) is 0 Å². The van der Waals surface area contributed by atoms with E-state index in [0.717, 1.165) is 0 Å². The highest BCUT2D eigenvalue weighted by molar-refractivity contribution is 6.33. The molecule has 0 saturated heterocycles. The largest absolute Gasteiger partial charge is 0.377 e. The van der Waals surface area contributed by atoms with Gasteiger partial charge in [0.15, 0.2) is 0 Å². The molecule has 2 radical (unpaired) electrons. The van der Waals surface area contributed by atoms with Gasteiger partial charge in [-0.15, -0.1) is 0 Å². The topological polar surface area (TPSA) is 12.0 Å². The van der Waals surface area contributed by atoms with Gasteiger partial charge in [0, 0.05) is 0 Å². The fourth-order valence-electron chi connectivity index (χ4n) is 0.607. The molecule has 0 aromatic heterocycles. The maximum absolute atomic E-state index is 12.3. The molecule has 0 spiro atoms. The van der Waals surface area contributed by atoms with Crippen molar-refractivity contribution in [2.45, 2.75) is 0 Å². The molecule has 0 saturated carbocycles. The number of rotatable bonds is 1. The predicted octanol–water partition coefficient (Wildman–Crippen LogP) is 2.56. The number of hydrogen-bond acceptors (Lipinski definition) is 1. The Hall–Kier alpha value is -0.760. The van der Waals surface area contributed by atoms with E-state index in [9.17, 15) is 4.39 Å². The van der Waals surface area contributed by atoms with Gasteiger partial charge in [0.25, 0.3) is 0 Å². The van der Waals surface area contributed by atoms with Crippen LogP contribution in [0.4, 0.5) is 10.1 Å². The van der Waals surface area contributed by atoms with Crippen molar-refractivity contribution in [1.82, 2.24) is 0 Å². The Morgan fingerprint density at radius 1 is 1.50 bits per heavy atom. The van der Waals surface area contributed by atoms with Crippen molar-refractivity contribution in [3.05, 3.63) is 36.1 Å². The normalized spacial score (nSPS) is 9.50. The van der Waals surface area contributed by atoms with Crippen LogP contribution >= 0.6 is 11.6 Å². The van der Waals surface area contributed by atoms with Gasteiger partial charge >= 0.3 is 0 Å². The van der Waals surface area contributed by atoms with E-state index in [-0.39, 0.29) is 10.8 Å².